The molecule has 0 saturated heterocycles. The lowest BCUT2D eigenvalue weighted by atomic mass is 10.2. The first-order valence-corrected chi connectivity index (χ1v) is 8.29. The Balaban J connectivity index is 1.52. The molecular formula is C19H19N3O5. The van der Waals surface area contributed by atoms with Crippen molar-refractivity contribution < 1.29 is 23.9 Å². The van der Waals surface area contributed by atoms with E-state index in [-0.39, 0.29) is 6.61 Å². The van der Waals surface area contributed by atoms with Gasteiger partial charge in [-0.25, -0.2) is 15.1 Å². The fourth-order valence-electron chi connectivity index (χ4n) is 2.38. The van der Waals surface area contributed by atoms with Crippen molar-refractivity contribution in [2.45, 2.75) is 6.10 Å². The van der Waals surface area contributed by atoms with E-state index in [0.29, 0.717) is 23.6 Å². The molecule has 0 spiro atoms. The van der Waals surface area contributed by atoms with Crippen LogP contribution >= 0.6 is 0 Å². The molecule has 27 heavy (non-hydrogen) atoms. The van der Waals surface area contributed by atoms with Crippen molar-refractivity contribution in [1.82, 2.24) is 5.48 Å². The second kappa shape index (κ2) is 8.81. The van der Waals surface area contributed by atoms with Crippen molar-refractivity contribution in [3.05, 3.63) is 65.7 Å². The molecule has 1 amide bonds. The van der Waals surface area contributed by atoms with Crippen molar-refractivity contribution in [3.8, 4) is 0 Å². The van der Waals surface area contributed by atoms with Gasteiger partial charge < -0.3 is 9.47 Å². The number of amides is 1. The number of esters is 1. The van der Waals surface area contributed by atoms with Crippen LogP contribution in [0.4, 0.5) is 10.5 Å². The summed E-state index contributed by atoms with van der Waals surface area (Å²) in [6.07, 6.45) is -1.01. The molecule has 0 bridgehead atoms. The number of carbonyl (C=O) groups is 2. The Bertz CT molecular complexity index is 838. The van der Waals surface area contributed by atoms with E-state index >= 15 is 0 Å². The van der Waals surface area contributed by atoms with Crippen LogP contribution in [-0.4, -0.2) is 44.3 Å². The van der Waals surface area contributed by atoms with Crippen molar-refractivity contribution >= 4 is 23.6 Å². The van der Waals surface area contributed by atoms with Crippen molar-refractivity contribution in [3.63, 3.8) is 0 Å². The van der Waals surface area contributed by atoms with Crippen molar-refractivity contribution in [2.75, 3.05) is 25.6 Å². The van der Waals surface area contributed by atoms with Gasteiger partial charge in [-0.05, 0) is 18.2 Å². The lowest BCUT2D eigenvalue weighted by Crippen LogP contribution is -2.40. The van der Waals surface area contributed by atoms with E-state index in [1.54, 1.807) is 18.2 Å². The Labute approximate surface area is 156 Å². The molecule has 1 unspecified atom stereocenters. The lowest BCUT2D eigenvalue weighted by Gasteiger charge is -2.22. The predicted octanol–water partition coefficient (Wildman–Crippen LogP) is 2.37. The van der Waals surface area contributed by atoms with E-state index in [4.69, 9.17) is 9.57 Å². The number of hydrogen-bond acceptors (Lipinski definition) is 7. The van der Waals surface area contributed by atoms with Gasteiger partial charge >= 0.3 is 12.1 Å². The Morgan fingerprint density at radius 1 is 1.22 bits per heavy atom. The van der Waals surface area contributed by atoms with Gasteiger partial charge in [-0.2, -0.15) is 0 Å². The van der Waals surface area contributed by atoms with Gasteiger partial charge in [0.15, 0.2) is 5.84 Å². The second-order valence-electron chi connectivity index (χ2n) is 5.69. The van der Waals surface area contributed by atoms with Gasteiger partial charge in [0, 0.05) is 11.3 Å². The molecule has 0 aromatic heterocycles. The summed E-state index contributed by atoms with van der Waals surface area (Å²) in [4.78, 5) is 33.3. The van der Waals surface area contributed by atoms with Gasteiger partial charge in [0.1, 0.15) is 12.7 Å². The number of anilines is 1. The summed E-state index contributed by atoms with van der Waals surface area (Å²) in [6, 6.07) is 16.0. The number of carbonyl (C=O) groups excluding carboxylic acids is 2. The van der Waals surface area contributed by atoms with Crippen LogP contribution in [0.25, 0.3) is 0 Å². The zero-order valence-electron chi connectivity index (χ0n) is 14.7. The molecule has 1 aliphatic rings. The number of amidine groups is 1. The Hall–Kier alpha value is -3.39. The SMILES string of the molecule is COC(=O)Nc1cccc(C(=O)OCC2CN=C(c3ccccc3)NO2)c1. The minimum Gasteiger partial charge on any atom is -0.459 e. The van der Waals surface area contributed by atoms with Crippen LogP contribution in [0.5, 0.6) is 0 Å². The number of hydroxylamine groups is 1. The minimum atomic E-state index is -0.616. The molecule has 8 nitrogen and oxygen atoms in total. The largest absolute Gasteiger partial charge is 0.459 e. The van der Waals surface area contributed by atoms with E-state index in [0.717, 1.165) is 5.56 Å². The first kappa shape index (κ1) is 18.4. The van der Waals surface area contributed by atoms with Gasteiger partial charge in [0.05, 0.1) is 19.2 Å². The van der Waals surface area contributed by atoms with Crippen molar-refractivity contribution in [1.29, 1.82) is 0 Å². The number of benzene rings is 2. The maximum atomic E-state index is 12.2. The molecule has 1 aliphatic heterocycles. The second-order valence-corrected chi connectivity index (χ2v) is 5.69. The molecule has 2 aromatic rings. The summed E-state index contributed by atoms with van der Waals surface area (Å²) >= 11 is 0. The normalized spacial score (nSPS) is 15.9. The number of rotatable bonds is 5. The highest BCUT2D eigenvalue weighted by Crippen LogP contribution is 2.13. The number of hydrogen-bond donors (Lipinski definition) is 2. The minimum absolute atomic E-state index is 0.0477. The van der Waals surface area contributed by atoms with Crippen LogP contribution < -0.4 is 10.8 Å². The van der Waals surface area contributed by atoms with E-state index in [1.165, 1.54) is 13.2 Å². The monoisotopic (exact) mass is 369 g/mol. The number of ether oxygens (including phenoxy) is 2. The molecule has 2 N–H and O–H groups in total. The Morgan fingerprint density at radius 2 is 2.04 bits per heavy atom. The van der Waals surface area contributed by atoms with Crippen molar-refractivity contribution in [2.24, 2.45) is 4.99 Å². The molecule has 0 radical (unpaired) electrons. The van der Waals surface area contributed by atoms with Crippen LogP contribution in [0.2, 0.25) is 0 Å². The predicted molar refractivity (Wildman–Crippen MR) is 98.6 cm³/mol. The summed E-state index contributed by atoms with van der Waals surface area (Å²) in [5, 5.41) is 2.49. The quantitative estimate of drug-likeness (QED) is 0.785. The third-order valence-electron chi connectivity index (χ3n) is 3.75. The van der Waals surface area contributed by atoms with Gasteiger partial charge in [0.2, 0.25) is 0 Å². The maximum absolute atomic E-state index is 12.2. The lowest BCUT2D eigenvalue weighted by molar-refractivity contribution is -0.0349. The molecule has 140 valence electrons. The summed E-state index contributed by atoms with van der Waals surface area (Å²) in [5.74, 6) is 0.115. The molecule has 0 aliphatic carbocycles. The molecule has 8 heteroatoms. The molecular weight excluding hydrogens is 350 g/mol. The van der Waals surface area contributed by atoms with Crippen LogP contribution in [-0.2, 0) is 14.3 Å². The first-order valence-electron chi connectivity index (χ1n) is 8.29. The summed E-state index contributed by atoms with van der Waals surface area (Å²) in [5.41, 5.74) is 4.44. The highest BCUT2D eigenvalue weighted by molar-refractivity contribution is 5.98. The number of nitrogens with zero attached hydrogens (tertiary/aromatic N) is 1. The average Bonchev–Trinajstić information content (AvgIpc) is 2.73. The molecule has 3 rings (SSSR count). The Morgan fingerprint density at radius 3 is 2.74 bits per heavy atom. The molecule has 1 atom stereocenters. The molecule has 0 saturated carbocycles. The fourth-order valence-corrected chi connectivity index (χ4v) is 2.38. The van der Waals surface area contributed by atoms with Gasteiger partial charge in [0.25, 0.3) is 0 Å². The average molecular weight is 369 g/mol. The third-order valence-corrected chi connectivity index (χ3v) is 3.75. The topological polar surface area (TPSA) is 98.2 Å². The van der Waals surface area contributed by atoms with Crippen LogP contribution in [0.1, 0.15) is 15.9 Å². The summed E-state index contributed by atoms with van der Waals surface area (Å²) in [7, 11) is 1.26. The van der Waals surface area contributed by atoms with Gasteiger partial charge in [-0.3, -0.25) is 15.1 Å². The third kappa shape index (κ3) is 5.05. The van der Waals surface area contributed by atoms with Crippen LogP contribution in [0.3, 0.4) is 0 Å². The summed E-state index contributed by atoms with van der Waals surface area (Å²) < 4.78 is 9.80. The number of methoxy groups -OCH3 is 1. The smallest absolute Gasteiger partial charge is 0.411 e. The van der Waals surface area contributed by atoms with E-state index in [2.05, 4.69) is 20.5 Å². The summed E-state index contributed by atoms with van der Waals surface area (Å²) in [6.45, 7) is 0.417. The van der Waals surface area contributed by atoms with E-state index in [9.17, 15) is 9.59 Å². The fraction of sp³-hybridized carbons (Fsp3) is 0.211. The van der Waals surface area contributed by atoms with Crippen LogP contribution in [0.15, 0.2) is 59.6 Å². The van der Waals surface area contributed by atoms with Gasteiger partial charge in [-0.15, -0.1) is 0 Å². The highest BCUT2D eigenvalue weighted by atomic mass is 16.7. The Kier molecular flexibility index (Phi) is 6.01. The standard InChI is InChI=1S/C19H19N3O5/c1-25-19(24)21-15-9-5-8-14(10-15)18(23)26-12-16-11-20-17(22-27-16)13-6-3-2-4-7-13/h2-10,16H,11-12H2,1H3,(H,20,22)(H,21,24). The zero-order chi connectivity index (χ0) is 19.1. The van der Waals surface area contributed by atoms with Crippen LogP contribution in [0, 0.1) is 0 Å². The van der Waals surface area contributed by atoms with Gasteiger partial charge in [-0.1, -0.05) is 36.4 Å². The van der Waals surface area contributed by atoms with E-state index < -0.39 is 18.2 Å². The molecule has 1 heterocycles. The molecule has 2 aromatic carbocycles. The molecule has 0 fully saturated rings. The number of aliphatic imine (C=N–C) groups is 1. The highest BCUT2D eigenvalue weighted by Gasteiger charge is 2.19. The zero-order valence-corrected chi connectivity index (χ0v) is 14.7. The van der Waals surface area contributed by atoms with E-state index in [1.807, 2.05) is 30.3 Å². The first-order chi connectivity index (χ1) is 13.2. The number of nitrogens with one attached hydrogen (secondary N) is 2. The maximum Gasteiger partial charge on any atom is 0.411 e.